The molecule has 32 heavy (non-hydrogen) atoms. The number of allylic oxidation sites excluding steroid dienone is 2. The van der Waals surface area contributed by atoms with Crippen molar-refractivity contribution in [2.75, 3.05) is 5.32 Å². The average molecular weight is 450 g/mol. The van der Waals surface area contributed by atoms with E-state index in [4.69, 9.17) is 11.6 Å². The van der Waals surface area contributed by atoms with Crippen molar-refractivity contribution >= 4 is 35.1 Å². The largest absolute Gasteiger partial charge is 0.320 e. The van der Waals surface area contributed by atoms with Gasteiger partial charge in [-0.1, -0.05) is 54.1 Å². The van der Waals surface area contributed by atoms with Gasteiger partial charge in [0.15, 0.2) is 0 Å². The van der Waals surface area contributed by atoms with E-state index in [0.717, 1.165) is 18.4 Å². The van der Waals surface area contributed by atoms with E-state index in [-0.39, 0.29) is 35.5 Å². The molecular weight excluding hydrogens is 426 g/mol. The topological polar surface area (TPSA) is 78.5 Å². The number of nitrogens with one attached hydrogen (secondary N) is 2. The van der Waals surface area contributed by atoms with Crippen LogP contribution in [0.4, 0.5) is 10.5 Å². The van der Waals surface area contributed by atoms with Gasteiger partial charge in [-0.2, -0.15) is 0 Å². The van der Waals surface area contributed by atoms with Crippen LogP contribution in [0.25, 0.3) is 0 Å². The Kier molecular flexibility index (Phi) is 5.47. The number of carbonyl (C=O) groups excluding carboxylic acids is 3. The lowest BCUT2D eigenvalue weighted by Gasteiger charge is -2.38. The lowest BCUT2D eigenvalue weighted by molar-refractivity contribution is -0.143. The number of halogens is 1. The van der Waals surface area contributed by atoms with Gasteiger partial charge >= 0.3 is 6.03 Å². The molecule has 2 aromatic rings. The standard InChI is InChI=1S/C25H24ClN3O3/c26-18-10-12-19(13-11-18)27-25(32)28-20(14-15-4-2-1-3-5-15)29-23(30)21-16-6-7-17(9-8-16)22(21)24(29)31/h1-7,10-13,16-17,20-22H,8-9,14H2,(H2,27,28,32). The molecule has 0 aromatic heterocycles. The van der Waals surface area contributed by atoms with Crippen LogP contribution in [-0.4, -0.2) is 28.9 Å². The third-order valence-corrected chi connectivity index (χ3v) is 7.03. The van der Waals surface area contributed by atoms with E-state index in [1.165, 1.54) is 4.90 Å². The Labute approximate surface area is 191 Å². The van der Waals surface area contributed by atoms with E-state index in [2.05, 4.69) is 22.8 Å². The van der Waals surface area contributed by atoms with E-state index in [0.29, 0.717) is 17.1 Å². The molecule has 2 fully saturated rings. The number of urea groups is 1. The second-order valence-corrected chi connectivity index (χ2v) is 9.14. The van der Waals surface area contributed by atoms with Crippen molar-refractivity contribution in [2.24, 2.45) is 23.7 Å². The van der Waals surface area contributed by atoms with E-state index >= 15 is 0 Å². The van der Waals surface area contributed by atoms with Crippen LogP contribution in [-0.2, 0) is 16.0 Å². The molecule has 2 bridgehead atoms. The first-order valence-electron chi connectivity index (χ1n) is 10.9. The summed E-state index contributed by atoms with van der Waals surface area (Å²) in [7, 11) is 0. The molecule has 164 valence electrons. The normalized spacial score (nSPS) is 26.7. The Bertz CT molecular complexity index is 1040. The van der Waals surface area contributed by atoms with Crippen LogP contribution in [0.15, 0.2) is 66.7 Å². The molecule has 0 radical (unpaired) electrons. The lowest BCUT2D eigenvalue weighted by Crippen LogP contribution is -2.53. The maximum Gasteiger partial charge on any atom is 0.320 e. The summed E-state index contributed by atoms with van der Waals surface area (Å²) in [5.74, 6) is -0.770. The monoisotopic (exact) mass is 449 g/mol. The van der Waals surface area contributed by atoms with Crippen LogP contribution in [0.2, 0.25) is 5.02 Å². The van der Waals surface area contributed by atoms with Gasteiger partial charge in [0.05, 0.1) is 11.8 Å². The molecule has 1 aliphatic heterocycles. The Morgan fingerprint density at radius 3 is 2.09 bits per heavy atom. The number of benzene rings is 2. The van der Waals surface area contributed by atoms with E-state index in [1.54, 1.807) is 24.3 Å². The summed E-state index contributed by atoms with van der Waals surface area (Å²) in [6, 6.07) is 15.8. The van der Waals surface area contributed by atoms with Crippen molar-refractivity contribution in [3.05, 3.63) is 77.3 Å². The number of anilines is 1. The summed E-state index contributed by atoms with van der Waals surface area (Å²) < 4.78 is 0. The van der Waals surface area contributed by atoms with E-state index < -0.39 is 12.2 Å². The van der Waals surface area contributed by atoms with Crippen LogP contribution >= 0.6 is 11.6 Å². The average Bonchev–Trinajstić information content (AvgIpc) is 3.09. The first kappa shape index (κ1) is 20.8. The van der Waals surface area contributed by atoms with E-state index in [1.807, 2.05) is 30.3 Å². The third kappa shape index (κ3) is 3.79. The van der Waals surface area contributed by atoms with Gasteiger partial charge in [0.1, 0.15) is 6.17 Å². The second-order valence-electron chi connectivity index (χ2n) is 8.70. The first-order chi connectivity index (χ1) is 15.5. The van der Waals surface area contributed by atoms with Crippen molar-refractivity contribution < 1.29 is 14.4 Å². The predicted molar refractivity (Wildman–Crippen MR) is 122 cm³/mol. The van der Waals surface area contributed by atoms with Crippen molar-refractivity contribution in [1.29, 1.82) is 0 Å². The van der Waals surface area contributed by atoms with Crippen LogP contribution in [0.1, 0.15) is 18.4 Å². The summed E-state index contributed by atoms with van der Waals surface area (Å²) in [5, 5.41) is 6.20. The summed E-state index contributed by atoms with van der Waals surface area (Å²) in [6.45, 7) is 0. The van der Waals surface area contributed by atoms with Crippen LogP contribution in [0.3, 0.4) is 0 Å². The molecule has 1 heterocycles. The van der Waals surface area contributed by atoms with Gasteiger partial charge in [0, 0.05) is 17.1 Å². The Hall–Kier alpha value is -3.12. The number of carbonyl (C=O) groups is 3. The molecule has 3 aliphatic carbocycles. The number of likely N-dealkylation sites (tertiary alicyclic amines) is 1. The number of hydrogen-bond acceptors (Lipinski definition) is 3. The van der Waals surface area contributed by atoms with Gasteiger partial charge in [-0.15, -0.1) is 0 Å². The SMILES string of the molecule is O=C(Nc1ccc(Cl)cc1)NC(Cc1ccccc1)N1C(=O)C2C3C=CC(CC3)C2C1=O. The summed E-state index contributed by atoms with van der Waals surface area (Å²) >= 11 is 5.91. The maximum atomic E-state index is 13.4. The zero-order valence-corrected chi connectivity index (χ0v) is 18.2. The van der Waals surface area contributed by atoms with Gasteiger partial charge in [0.2, 0.25) is 11.8 Å². The van der Waals surface area contributed by atoms with E-state index in [9.17, 15) is 14.4 Å². The number of hydrogen-bond donors (Lipinski definition) is 2. The molecule has 5 unspecified atom stereocenters. The first-order valence-corrected chi connectivity index (χ1v) is 11.3. The Morgan fingerprint density at radius 1 is 0.938 bits per heavy atom. The quantitative estimate of drug-likeness (QED) is 0.529. The number of imide groups is 1. The lowest BCUT2D eigenvalue weighted by atomic mass is 9.63. The molecule has 0 spiro atoms. The highest BCUT2D eigenvalue weighted by atomic mass is 35.5. The van der Waals surface area contributed by atoms with Crippen LogP contribution < -0.4 is 10.6 Å². The van der Waals surface area contributed by atoms with Crippen molar-refractivity contribution in [2.45, 2.75) is 25.4 Å². The van der Waals surface area contributed by atoms with Gasteiger partial charge in [0.25, 0.3) is 0 Å². The zero-order valence-electron chi connectivity index (χ0n) is 17.4. The Morgan fingerprint density at radius 2 is 1.53 bits per heavy atom. The molecule has 6 rings (SSSR count). The molecule has 2 aromatic carbocycles. The van der Waals surface area contributed by atoms with Crippen molar-refractivity contribution in [3.63, 3.8) is 0 Å². The molecule has 7 heteroatoms. The predicted octanol–water partition coefficient (Wildman–Crippen LogP) is 4.23. The van der Waals surface area contributed by atoms with Gasteiger partial charge in [-0.3, -0.25) is 14.5 Å². The fourth-order valence-electron chi connectivity index (χ4n) is 5.30. The minimum Gasteiger partial charge on any atom is -0.317 e. The molecule has 5 atom stereocenters. The fraction of sp³-hybridized carbons (Fsp3) is 0.320. The van der Waals surface area contributed by atoms with Crippen molar-refractivity contribution in [1.82, 2.24) is 10.2 Å². The Balaban J connectivity index is 1.40. The molecule has 4 aliphatic rings. The third-order valence-electron chi connectivity index (χ3n) is 6.78. The van der Waals surface area contributed by atoms with Crippen molar-refractivity contribution in [3.8, 4) is 0 Å². The number of rotatable bonds is 5. The number of nitrogens with zero attached hydrogens (tertiary/aromatic N) is 1. The van der Waals surface area contributed by atoms with Gasteiger partial charge in [-0.25, -0.2) is 4.79 Å². The molecule has 6 nitrogen and oxygen atoms in total. The highest BCUT2D eigenvalue weighted by Crippen LogP contribution is 2.50. The fourth-order valence-corrected chi connectivity index (χ4v) is 5.43. The van der Waals surface area contributed by atoms with Gasteiger partial charge < -0.3 is 10.6 Å². The van der Waals surface area contributed by atoms with Crippen LogP contribution in [0.5, 0.6) is 0 Å². The molecule has 1 saturated carbocycles. The molecule has 4 amide bonds. The minimum absolute atomic E-state index is 0.103. The maximum absolute atomic E-state index is 13.4. The number of fused-ring (bicyclic) bond motifs is 1. The number of amides is 4. The summed E-state index contributed by atoms with van der Waals surface area (Å²) in [6.07, 6.45) is 5.63. The smallest absolute Gasteiger partial charge is 0.317 e. The minimum atomic E-state index is -0.769. The zero-order chi connectivity index (χ0) is 22.2. The highest BCUT2D eigenvalue weighted by molar-refractivity contribution is 6.30. The molecular formula is C25H24ClN3O3. The van der Waals surface area contributed by atoms with Crippen LogP contribution in [0, 0.1) is 23.7 Å². The summed E-state index contributed by atoms with van der Waals surface area (Å²) in [4.78, 5) is 41.0. The van der Waals surface area contributed by atoms with Gasteiger partial charge in [-0.05, 0) is 54.5 Å². The molecule has 1 saturated heterocycles. The summed E-state index contributed by atoms with van der Waals surface area (Å²) in [5.41, 5.74) is 1.50. The highest BCUT2D eigenvalue weighted by Gasteiger charge is 2.58. The second kappa shape index (κ2) is 8.43. The molecule has 2 N–H and O–H groups in total.